The molecule has 2 aromatic heterocycles. The molecule has 1 aliphatic rings. The van der Waals surface area contributed by atoms with E-state index in [4.69, 9.17) is 33.0 Å². The number of anilines is 2. The van der Waals surface area contributed by atoms with Crippen molar-refractivity contribution in [3.8, 4) is 5.75 Å². The van der Waals surface area contributed by atoms with E-state index in [1.165, 1.54) is 18.9 Å². The molecule has 0 spiro atoms. The molecule has 5 rings (SSSR count). The van der Waals surface area contributed by atoms with E-state index in [2.05, 4.69) is 15.0 Å². The summed E-state index contributed by atoms with van der Waals surface area (Å²) in [6.07, 6.45) is 2.81. The number of nitrogens with one attached hydrogen (secondary N) is 2. The van der Waals surface area contributed by atoms with Gasteiger partial charge >= 0.3 is 0 Å². The van der Waals surface area contributed by atoms with Crippen LogP contribution >= 0.6 is 35.6 Å². The van der Waals surface area contributed by atoms with Gasteiger partial charge in [-0.3, -0.25) is 9.71 Å². The first kappa shape index (κ1) is 26.4. The lowest BCUT2D eigenvalue weighted by molar-refractivity contribution is 0.383. The maximum absolute atomic E-state index is 12.0. The quantitative estimate of drug-likeness (QED) is 0.240. The molecule has 2 atom stereocenters. The van der Waals surface area contributed by atoms with E-state index in [9.17, 15) is 8.42 Å². The van der Waals surface area contributed by atoms with E-state index in [0.717, 1.165) is 16.8 Å². The molecule has 38 heavy (non-hydrogen) atoms. The van der Waals surface area contributed by atoms with E-state index in [0.29, 0.717) is 38.1 Å². The van der Waals surface area contributed by atoms with Crippen LogP contribution in [0.5, 0.6) is 5.75 Å². The maximum Gasteiger partial charge on any atom is 0.229 e. The monoisotopic (exact) mass is 586 g/mol. The number of nitrogens with zero attached hydrogens (tertiary/aromatic N) is 2. The van der Waals surface area contributed by atoms with Crippen molar-refractivity contribution in [1.29, 1.82) is 0 Å². The molecule has 0 amide bonds. The smallest absolute Gasteiger partial charge is 0.229 e. The first-order chi connectivity index (χ1) is 18.2. The summed E-state index contributed by atoms with van der Waals surface area (Å²) in [6, 6.07) is 21.5. The van der Waals surface area contributed by atoms with Crippen molar-refractivity contribution >= 4 is 62.1 Å². The number of thiocarbonyl (C=S) groups is 1. The van der Waals surface area contributed by atoms with Gasteiger partial charge in [0.1, 0.15) is 17.6 Å². The van der Waals surface area contributed by atoms with Crippen LogP contribution < -0.4 is 19.7 Å². The molecule has 0 bridgehead atoms. The molecule has 1 fully saturated rings. The van der Waals surface area contributed by atoms with Gasteiger partial charge in [0.15, 0.2) is 10.2 Å². The van der Waals surface area contributed by atoms with Gasteiger partial charge in [0.25, 0.3) is 0 Å². The molecule has 12 heteroatoms. The highest BCUT2D eigenvalue weighted by Gasteiger charge is 2.42. The van der Waals surface area contributed by atoms with Crippen molar-refractivity contribution in [2.24, 2.45) is 0 Å². The average Bonchev–Trinajstić information content (AvgIpc) is 3.49. The molecule has 1 saturated heterocycles. The summed E-state index contributed by atoms with van der Waals surface area (Å²) in [5.74, 6) is 1.05. The molecular weight excluding hydrogens is 564 g/mol. The molecule has 8 nitrogen and oxygen atoms in total. The van der Waals surface area contributed by atoms with Crippen molar-refractivity contribution in [3.63, 3.8) is 0 Å². The SMILES string of the molecule is COc1ccc(N2C(=S)N[C@@H](c3ccccn3)[C@H]2c2ccc(Sc3ccc(Cl)cc3)o2)cc1NS(C)(=O)=O. The third-order valence-corrected chi connectivity index (χ3v) is 7.87. The number of ether oxygens (including phenoxy) is 1. The fourth-order valence-corrected chi connectivity index (χ4v) is 6.02. The summed E-state index contributed by atoms with van der Waals surface area (Å²) < 4.78 is 38.2. The molecular formula is C26H23ClN4O4S3. The lowest BCUT2D eigenvalue weighted by Crippen LogP contribution is -2.29. The summed E-state index contributed by atoms with van der Waals surface area (Å²) in [5, 5.41) is 5.19. The number of benzene rings is 2. The number of methoxy groups -OCH3 is 1. The fourth-order valence-electron chi connectivity index (χ4n) is 4.21. The van der Waals surface area contributed by atoms with Gasteiger partial charge in [-0.1, -0.05) is 29.4 Å². The Kier molecular flexibility index (Phi) is 7.53. The van der Waals surface area contributed by atoms with Gasteiger partial charge < -0.3 is 19.4 Å². The number of pyridine rings is 1. The third kappa shape index (κ3) is 5.75. The highest BCUT2D eigenvalue weighted by molar-refractivity contribution is 7.99. The van der Waals surface area contributed by atoms with Crippen molar-refractivity contribution in [1.82, 2.24) is 10.3 Å². The molecule has 4 aromatic rings. The van der Waals surface area contributed by atoms with E-state index < -0.39 is 16.1 Å². The number of rotatable bonds is 8. The highest BCUT2D eigenvalue weighted by atomic mass is 35.5. The van der Waals surface area contributed by atoms with Crippen LogP contribution in [-0.4, -0.2) is 31.9 Å². The van der Waals surface area contributed by atoms with Crippen LogP contribution in [0.15, 0.2) is 93.4 Å². The fraction of sp³-hybridized carbons (Fsp3) is 0.154. The minimum atomic E-state index is -3.55. The Bertz CT molecular complexity index is 1560. The number of aromatic nitrogens is 1. The summed E-state index contributed by atoms with van der Waals surface area (Å²) in [5.41, 5.74) is 1.74. The van der Waals surface area contributed by atoms with E-state index in [1.54, 1.807) is 18.3 Å². The topological polar surface area (TPSA) is 96.7 Å². The predicted molar refractivity (Wildman–Crippen MR) is 154 cm³/mol. The summed E-state index contributed by atoms with van der Waals surface area (Å²) in [7, 11) is -2.07. The van der Waals surface area contributed by atoms with Crippen LogP contribution in [0, 0.1) is 0 Å². The molecule has 2 N–H and O–H groups in total. The van der Waals surface area contributed by atoms with Gasteiger partial charge in [0.05, 0.1) is 30.8 Å². The standard InChI is InChI=1S/C26H23ClN4O4S3/c1-34-21-11-8-17(15-20(21)30-38(2,32)33)31-25(24(29-26(31)36)19-5-3-4-14-28-19)22-12-13-23(35-22)37-18-9-6-16(27)7-10-18/h3-15,24-25,30H,1-2H3,(H,29,36)/t24-,25+/m0/s1. The van der Waals surface area contributed by atoms with E-state index in [1.807, 2.05) is 65.6 Å². The van der Waals surface area contributed by atoms with Crippen molar-refractivity contribution in [3.05, 3.63) is 95.5 Å². The minimum Gasteiger partial charge on any atom is -0.495 e. The number of furan rings is 1. The van der Waals surface area contributed by atoms with E-state index in [-0.39, 0.29) is 6.04 Å². The zero-order valence-electron chi connectivity index (χ0n) is 20.3. The number of hydrogen-bond acceptors (Lipinski definition) is 7. The van der Waals surface area contributed by atoms with Crippen molar-refractivity contribution < 1.29 is 17.6 Å². The first-order valence-corrected chi connectivity index (χ1v) is 14.9. The maximum atomic E-state index is 12.0. The molecule has 0 aliphatic carbocycles. The Morgan fingerprint density at radius 3 is 2.61 bits per heavy atom. The van der Waals surface area contributed by atoms with Crippen LogP contribution in [0.25, 0.3) is 0 Å². The minimum absolute atomic E-state index is 0.300. The molecule has 0 saturated carbocycles. The Hall–Kier alpha value is -3.25. The Balaban J connectivity index is 1.55. The van der Waals surface area contributed by atoms with E-state index >= 15 is 0 Å². The molecule has 196 valence electrons. The highest BCUT2D eigenvalue weighted by Crippen LogP contribution is 2.44. The zero-order valence-corrected chi connectivity index (χ0v) is 23.5. The zero-order chi connectivity index (χ0) is 26.9. The molecule has 1 aliphatic heterocycles. The number of sulfonamides is 1. The third-order valence-electron chi connectivity index (χ3n) is 5.78. The normalized spacial score (nSPS) is 17.3. The van der Waals surface area contributed by atoms with Crippen molar-refractivity contribution in [2.75, 3.05) is 23.0 Å². The second kappa shape index (κ2) is 10.9. The van der Waals surface area contributed by atoms with Gasteiger partial charge in [-0.15, -0.1) is 0 Å². The van der Waals surface area contributed by atoms with Crippen LogP contribution in [0.2, 0.25) is 5.02 Å². The molecule has 0 unspecified atom stereocenters. The van der Waals surface area contributed by atoms with Gasteiger partial charge in [-0.25, -0.2) is 8.42 Å². The number of halogens is 1. The van der Waals surface area contributed by atoms with Gasteiger partial charge in [-0.05, 0) is 78.9 Å². The summed E-state index contributed by atoms with van der Waals surface area (Å²) in [6.45, 7) is 0. The lowest BCUT2D eigenvalue weighted by Gasteiger charge is -2.27. The predicted octanol–water partition coefficient (Wildman–Crippen LogP) is 6.04. The second-order valence-electron chi connectivity index (χ2n) is 8.47. The Morgan fingerprint density at radius 1 is 1.13 bits per heavy atom. The summed E-state index contributed by atoms with van der Waals surface area (Å²) >= 11 is 13.3. The van der Waals surface area contributed by atoms with Crippen LogP contribution in [0.3, 0.4) is 0 Å². The van der Waals surface area contributed by atoms with Crippen LogP contribution in [0.1, 0.15) is 23.5 Å². The lowest BCUT2D eigenvalue weighted by atomic mass is 10.0. The van der Waals surface area contributed by atoms with Crippen LogP contribution in [0.4, 0.5) is 11.4 Å². The average molecular weight is 587 g/mol. The van der Waals surface area contributed by atoms with Crippen LogP contribution in [-0.2, 0) is 10.0 Å². The Morgan fingerprint density at radius 2 is 1.92 bits per heavy atom. The second-order valence-corrected chi connectivity index (χ2v) is 12.1. The van der Waals surface area contributed by atoms with Gasteiger partial charge in [-0.2, -0.15) is 0 Å². The van der Waals surface area contributed by atoms with Gasteiger partial charge in [0.2, 0.25) is 10.0 Å². The Labute approximate surface area is 235 Å². The number of hydrogen-bond donors (Lipinski definition) is 2. The van der Waals surface area contributed by atoms with Gasteiger partial charge in [0, 0.05) is 21.8 Å². The molecule has 2 aromatic carbocycles. The molecule has 0 radical (unpaired) electrons. The summed E-state index contributed by atoms with van der Waals surface area (Å²) in [4.78, 5) is 7.44. The molecule has 3 heterocycles. The first-order valence-electron chi connectivity index (χ1n) is 11.4. The largest absolute Gasteiger partial charge is 0.495 e. The van der Waals surface area contributed by atoms with Crippen molar-refractivity contribution in [2.45, 2.75) is 22.1 Å².